The molecule has 2 aromatic rings. The minimum atomic E-state index is -3.90. The fourth-order valence-electron chi connectivity index (χ4n) is 3.52. The molecule has 0 spiro atoms. The third-order valence-electron chi connectivity index (χ3n) is 5.98. The number of sulfonamides is 1. The first kappa shape index (κ1) is 29.0. The van der Waals surface area contributed by atoms with Crippen molar-refractivity contribution in [3.05, 3.63) is 53.6 Å². The lowest BCUT2D eigenvalue weighted by Gasteiger charge is -2.32. The fraction of sp³-hybridized carbons (Fsp3) is 0.462. The van der Waals surface area contributed by atoms with Crippen LogP contribution in [0.25, 0.3) is 0 Å². The van der Waals surface area contributed by atoms with Crippen molar-refractivity contribution in [1.29, 1.82) is 0 Å². The molecule has 2 amide bonds. The van der Waals surface area contributed by atoms with Crippen molar-refractivity contribution in [3.8, 4) is 11.5 Å². The smallest absolute Gasteiger partial charge is 0.244 e. The van der Waals surface area contributed by atoms with Gasteiger partial charge in [0.05, 0.1) is 26.2 Å². The molecule has 9 nitrogen and oxygen atoms in total. The van der Waals surface area contributed by atoms with E-state index in [0.29, 0.717) is 5.75 Å². The lowest BCUT2D eigenvalue weighted by molar-refractivity contribution is -0.139. The van der Waals surface area contributed by atoms with Gasteiger partial charge >= 0.3 is 0 Å². The summed E-state index contributed by atoms with van der Waals surface area (Å²) < 4.78 is 37.2. The number of rotatable bonds is 12. The standard InChI is InChI=1S/C26H37N3O6S/c1-8-19(3)27-26(31)20(4)28(16-21-11-9-18(2)10-12-21)25(30)17-29(36(7,32)33)23-15-22(34-5)13-14-24(23)35-6/h9-15,19-20H,8,16-17H2,1-7H3,(H,27,31)/t19-,20+/m1/s1. The van der Waals surface area contributed by atoms with Crippen LogP contribution in [-0.2, 0) is 26.2 Å². The van der Waals surface area contributed by atoms with E-state index in [-0.39, 0.29) is 29.9 Å². The number of hydrogen-bond donors (Lipinski definition) is 1. The van der Waals surface area contributed by atoms with Gasteiger partial charge in [0.1, 0.15) is 24.1 Å². The van der Waals surface area contributed by atoms with E-state index in [0.717, 1.165) is 28.1 Å². The van der Waals surface area contributed by atoms with Crippen molar-refractivity contribution in [2.24, 2.45) is 0 Å². The minimum Gasteiger partial charge on any atom is -0.497 e. The van der Waals surface area contributed by atoms with Gasteiger partial charge in [-0.05, 0) is 44.9 Å². The summed E-state index contributed by atoms with van der Waals surface area (Å²) in [4.78, 5) is 28.0. The van der Waals surface area contributed by atoms with Gasteiger partial charge in [-0.2, -0.15) is 0 Å². The Morgan fingerprint density at radius 3 is 2.19 bits per heavy atom. The monoisotopic (exact) mass is 519 g/mol. The molecule has 2 atom stereocenters. The zero-order valence-corrected chi connectivity index (χ0v) is 22.9. The van der Waals surface area contributed by atoms with Gasteiger partial charge in [0.2, 0.25) is 21.8 Å². The Bertz CT molecular complexity index is 1150. The molecule has 0 aliphatic carbocycles. The number of ether oxygens (including phenoxy) is 2. The van der Waals surface area contributed by atoms with E-state index in [1.54, 1.807) is 19.1 Å². The fourth-order valence-corrected chi connectivity index (χ4v) is 4.37. The summed E-state index contributed by atoms with van der Waals surface area (Å²) >= 11 is 0. The van der Waals surface area contributed by atoms with Crippen LogP contribution >= 0.6 is 0 Å². The van der Waals surface area contributed by atoms with E-state index in [2.05, 4.69) is 5.32 Å². The Labute approximate surface area is 214 Å². The molecule has 0 bridgehead atoms. The molecule has 0 unspecified atom stereocenters. The second-order valence-electron chi connectivity index (χ2n) is 8.81. The van der Waals surface area contributed by atoms with Crippen molar-refractivity contribution >= 4 is 27.5 Å². The minimum absolute atomic E-state index is 0.0650. The Hall–Kier alpha value is -3.27. The summed E-state index contributed by atoms with van der Waals surface area (Å²) in [5, 5.41) is 2.91. The Kier molecular flexibility index (Phi) is 10.2. The maximum atomic E-state index is 13.7. The Morgan fingerprint density at radius 1 is 1.03 bits per heavy atom. The molecule has 1 N–H and O–H groups in total. The quantitative estimate of drug-likeness (QED) is 0.462. The van der Waals surface area contributed by atoms with Crippen LogP contribution in [0.15, 0.2) is 42.5 Å². The van der Waals surface area contributed by atoms with E-state index in [4.69, 9.17) is 9.47 Å². The molecule has 36 heavy (non-hydrogen) atoms. The summed E-state index contributed by atoms with van der Waals surface area (Å²) in [6.45, 7) is 7.06. The van der Waals surface area contributed by atoms with Crippen LogP contribution in [0, 0.1) is 6.92 Å². The van der Waals surface area contributed by atoms with Gasteiger partial charge in [0, 0.05) is 18.7 Å². The molecule has 0 saturated carbocycles. The van der Waals surface area contributed by atoms with Crippen molar-refractivity contribution in [1.82, 2.24) is 10.2 Å². The average Bonchev–Trinajstić information content (AvgIpc) is 2.85. The highest BCUT2D eigenvalue weighted by atomic mass is 32.2. The van der Waals surface area contributed by atoms with Crippen LogP contribution in [0.3, 0.4) is 0 Å². The third-order valence-corrected chi connectivity index (χ3v) is 7.10. The van der Waals surface area contributed by atoms with Crippen LogP contribution in [0.2, 0.25) is 0 Å². The lowest BCUT2D eigenvalue weighted by Crippen LogP contribution is -2.52. The summed E-state index contributed by atoms with van der Waals surface area (Å²) in [7, 11) is -1.03. The second kappa shape index (κ2) is 12.6. The molecule has 10 heteroatoms. The lowest BCUT2D eigenvalue weighted by atomic mass is 10.1. The first-order valence-electron chi connectivity index (χ1n) is 11.8. The van der Waals surface area contributed by atoms with Gasteiger partial charge in [0.15, 0.2) is 0 Å². The molecular weight excluding hydrogens is 482 g/mol. The summed E-state index contributed by atoms with van der Waals surface area (Å²) in [5.74, 6) is -0.168. The van der Waals surface area contributed by atoms with Gasteiger partial charge < -0.3 is 19.7 Å². The van der Waals surface area contributed by atoms with E-state index in [9.17, 15) is 18.0 Å². The summed E-state index contributed by atoms with van der Waals surface area (Å²) in [6.07, 6.45) is 1.75. The molecule has 0 aliphatic heterocycles. The maximum Gasteiger partial charge on any atom is 0.244 e. The number of carbonyl (C=O) groups is 2. The van der Waals surface area contributed by atoms with Gasteiger partial charge in [-0.1, -0.05) is 36.8 Å². The van der Waals surface area contributed by atoms with E-state index >= 15 is 0 Å². The van der Waals surface area contributed by atoms with Crippen LogP contribution in [0.5, 0.6) is 11.5 Å². The second-order valence-corrected chi connectivity index (χ2v) is 10.7. The average molecular weight is 520 g/mol. The number of aryl methyl sites for hydroxylation is 1. The normalized spacial score (nSPS) is 12.9. The highest BCUT2D eigenvalue weighted by molar-refractivity contribution is 7.92. The number of benzene rings is 2. The molecule has 0 aliphatic rings. The SMILES string of the molecule is CC[C@@H](C)NC(=O)[C@H](C)N(Cc1ccc(C)cc1)C(=O)CN(c1cc(OC)ccc1OC)S(C)(=O)=O. The van der Waals surface area contributed by atoms with Crippen molar-refractivity contribution < 1.29 is 27.5 Å². The summed E-state index contributed by atoms with van der Waals surface area (Å²) in [6, 6.07) is 11.4. The molecule has 0 heterocycles. The van der Waals surface area contributed by atoms with Crippen molar-refractivity contribution in [2.75, 3.05) is 31.3 Å². The number of hydrogen-bond acceptors (Lipinski definition) is 6. The van der Waals surface area contributed by atoms with Crippen LogP contribution in [-0.4, -0.2) is 64.2 Å². The van der Waals surface area contributed by atoms with Crippen LogP contribution < -0.4 is 19.1 Å². The van der Waals surface area contributed by atoms with Crippen LogP contribution in [0.4, 0.5) is 5.69 Å². The number of carbonyl (C=O) groups excluding carboxylic acids is 2. The predicted molar refractivity (Wildman–Crippen MR) is 141 cm³/mol. The zero-order chi connectivity index (χ0) is 27.0. The van der Waals surface area contributed by atoms with Gasteiger partial charge in [-0.15, -0.1) is 0 Å². The van der Waals surface area contributed by atoms with E-state index in [1.165, 1.54) is 25.2 Å². The molecule has 2 rings (SSSR count). The largest absolute Gasteiger partial charge is 0.497 e. The topological polar surface area (TPSA) is 105 Å². The molecule has 0 aromatic heterocycles. The molecular formula is C26H37N3O6S. The molecule has 198 valence electrons. The number of nitrogens with one attached hydrogen (secondary N) is 1. The maximum absolute atomic E-state index is 13.7. The van der Waals surface area contributed by atoms with Crippen molar-refractivity contribution in [2.45, 2.75) is 52.7 Å². The van der Waals surface area contributed by atoms with Gasteiger partial charge in [-0.3, -0.25) is 13.9 Å². The number of methoxy groups -OCH3 is 2. The number of nitrogens with zero attached hydrogens (tertiary/aromatic N) is 2. The number of anilines is 1. The first-order chi connectivity index (χ1) is 16.9. The van der Waals surface area contributed by atoms with E-state index < -0.39 is 28.5 Å². The van der Waals surface area contributed by atoms with Crippen LogP contribution in [0.1, 0.15) is 38.3 Å². The van der Waals surface area contributed by atoms with Gasteiger partial charge in [0.25, 0.3) is 0 Å². The molecule has 0 saturated heterocycles. The first-order valence-corrected chi connectivity index (χ1v) is 13.6. The molecule has 0 radical (unpaired) electrons. The zero-order valence-electron chi connectivity index (χ0n) is 22.1. The molecule has 0 fully saturated rings. The number of amides is 2. The predicted octanol–water partition coefficient (Wildman–Crippen LogP) is 3.11. The van der Waals surface area contributed by atoms with Crippen molar-refractivity contribution in [3.63, 3.8) is 0 Å². The third kappa shape index (κ3) is 7.61. The Balaban J connectivity index is 2.47. The highest BCUT2D eigenvalue weighted by Gasteiger charge is 2.31. The van der Waals surface area contributed by atoms with Gasteiger partial charge in [-0.25, -0.2) is 8.42 Å². The highest BCUT2D eigenvalue weighted by Crippen LogP contribution is 2.34. The Morgan fingerprint density at radius 2 is 1.67 bits per heavy atom. The summed E-state index contributed by atoms with van der Waals surface area (Å²) in [5.41, 5.74) is 2.05. The molecule has 2 aromatic carbocycles. The van der Waals surface area contributed by atoms with E-state index in [1.807, 2.05) is 45.0 Å².